The van der Waals surface area contributed by atoms with Crippen molar-refractivity contribution in [1.29, 1.82) is 0 Å². The van der Waals surface area contributed by atoms with E-state index in [9.17, 15) is 9.59 Å². The predicted octanol–water partition coefficient (Wildman–Crippen LogP) is 4.73. The third-order valence-electron chi connectivity index (χ3n) is 3.57. The Bertz CT molecular complexity index is 895. The molecule has 0 atom stereocenters. The minimum absolute atomic E-state index is 0.122. The first-order valence-electron chi connectivity index (χ1n) is 7.96. The van der Waals surface area contributed by atoms with E-state index in [1.807, 2.05) is 42.5 Å². The van der Waals surface area contributed by atoms with E-state index in [1.165, 1.54) is 11.3 Å². The standard InChI is InChI=1S/C19H16BrN3O2S/c20-14-7-9-15(10-8-14)21-18(25)16-12-26-19(22-16)23-17(24)11-6-13-4-2-1-3-5-13/h1-5,7-10,12H,6,11H2,(H,21,25)(H,22,23,24). The highest BCUT2D eigenvalue weighted by molar-refractivity contribution is 9.10. The zero-order chi connectivity index (χ0) is 18.4. The fourth-order valence-electron chi connectivity index (χ4n) is 2.25. The lowest BCUT2D eigenvalue weighted by Gasteiger charge is -2.03. The first-order chi connectivity index (χ1) is 12.6. The number of aryl methyl sites for hydroxylation is 1. The number of anilines is 2. The van der Waals surface area contributed by atoms with Gasteiger partial charge in [0.05, 0.1) is 0 Å². The van der Waals surface area contributed by atoms with Crippen LogP contribution < -0.4 is 10.6 Å². The molecule has 132 valence electrons. The van der Waals surface area contributed by atoms with E-state index in [4.69, 9.17) is 0 Å². The average molecular weight is 430 g/mol. The average Bonchev–Trinajstić information content (AvgIpc) is 3.11. The largest absolute Gasteiger partial charge is 0.321 e. The van der Waals surface area contributed by atoms with E-state index < -0.39 is 0 Å². The van der Waals surface area contributed by atoms with Crippen LogP contribution in [-0.4, -0.2) is 16.8 Å². The number of hydrogen-bond acceptors (Lipinski definition) is 4. The van der Waals surface area contributed by atoms with Crippen LogP contribution in [-0.2, 0) is 11.2 Å². The van der Waals surface area contributed by atoms with Crippen LogP contribution in [0.3, 0.4) is 0 Å². The van der Waals surface area contributed by atoms with E-state index in [0.29, 0.717) is 23.7 Å². The molecule has 0 aliphatic heterocycles. The Hall–Kier alpha value is -2.51. The van der Waals surface area contributed by atoms with Gasteiger partial charge in [-0.1, -0.05) is 46.3 Å². The summed E-state index contributed by atoms with van der Waals surface area (Å²) in [5.74, 6) is -0.434. The van der Waals surface area contributed by atoms with Gasteiger partial charge in [-0.15, -0.1) is 11.3 Å². The van der Waals surface area contributed by atoms with E-state index in [2.05, 4.69) is 31.5 Å². The van der Waals surface area contributed by atoms with Gasteiger partial charge in [0, 0.05) is 22.0 Å². The fraction of sp³-hybridized carbons (Fsp3) is 0.105. The van der Waals surface area contributed by atoms with Crippen molar-refractivity contribution < 1.29 is 9.59 Å². The summed E-state index contributed by atoms with van der Waals surface area (Å²) in [6.45, 7) is 0. The smallest absolute Gasteiger partial charge is 0.275 e. The summed E-state index contributed by atoms with van der Waals surface area (Å²) >= 11 is 4.58. The zero-order valence-corrected chi connectivity index (χ0v) is 16.1. The molecule has 0 fully saturated rings. The second kappa shape index (κ2) is 8.73. The molecule has 2 aromatic carbocycles. The van der Waals surface area contributed by atoms with Gasteiger partial charge in [0.15, 0.2) is 5.13 Å². The van der Waals surface area contributed by atoms with Crippen molar-refractivity contribution in [2.75, 3.05) is 10.6 Å². The third kappa shape index (κ3) is 5.24. The van der Waals surface area contributed by atoms with Crippen molar-refractivity contribution in [1.82, 2.24) is 4.98 Å². The molecular formula is C19H16BrN3O2S. The monoisotopic (exact) mass is 429 g/mol. The molecule has 1 heterocycles. The van der Waals surface area contributed by atoms with Crippen LogP contribution in [0.4, 0.5) is 10.8 Å². The highest BCUT2D eigenvalue weighted by Gasteiger charge is 2.13. The number of amides is 2. The molecule has 0 unspecified atom stereocenters. The van der Waals surface area contributed by atoms with Gasteiger partial charge in [0.25, 0.3) is 5.91 Å². The van der Waals surface area contributed by atoms with Crippen LogP contribution in [0.15, 0.2) is 64.5 Å². The molecule has 0 spiro atoms. The van der Waals surface area contributed by atoms with Crippen LogP contribution in [0.2, 0.25) is 0 Å². The van der Waals surface area contributed by atoms with Crippen LogP contribution in [0.5, 0.6) is 0 Å². The second-order valence-corrected chi connectivity index (χ2v) is 7.31. The minimum atomic E-state index is -0.312. The van der Waals surface area contributed by atoms with E-state index in [0.717, 1.165) is 10.0 Å². The Morgan fingerprint density at radius 2 is 1.73 bits per heavy atom. The number of nitrogens with one attached hydrogen (secondary N) is 2. The molecule has 0 bridgehead atoms. The molecule has 26 heavy (non-hydrogen) atoms. The zero-order valence-electron chi connectivity index (χ0n) is 13.7. The van der Waals surface area contributed by atoms with Crippen LogP contribution in [0.1, 0.15) is 22.5 Å². The summed E-state index contributed by atoms with van der Waals surface area (Å²) in [5, 5.41) is 7.56. The molecule has 2 amide bonds. The molecule has 3 rings (SSSR count). The van der Waals surface area contributed by atoms with E-state index in [1.54, 1.807) is 17.5 Å². The molecule has 5 nitrogen and oxygen atoms in total. The topological polar surface area (TPSA) is 71.1 Å². The van der Waals surface area contributed by atoms with Crippen molar-refractivity contribution in [3.63, 3.8) is 0 Å². The van der Waals surface area contributed by atoms with Crippen molar-refractivity contribution in [3.05, 3.63) is 75.7 Å². The summed E-state index contributed by atoms with van der Waals surface area (Å²) in [7, 11) is 0. The normalized spacial score (nSPS) is 10.3. The van der Waals surface area contributed by atoms with Gasteiger partial charge in [-0.2, -0.15) is 0 Å². The first kappa shape index (κ1) is 18.3. The van der Waals surface area contributed by atoms with Gasteiger partial charge in [-0.05, 0) is 36.2 Å². The van der Waals surface area contributed by atoms with Gasteiger partial charge in [-0.3, -0.25) is 9.59 Å². The lowest BCUT2D eigenvalue weighted by molar-refractivity contribution is -0.116. The number of thiazole rings is 1. The molecule has 3 aromatic rings. The van der Waals surface area contributed by atoms with Crippen molar-refractivity contribution in [2.45, 2.75) is 12.8 Å². The molecule has 0 saturated heterocycles. The number of carbonyl (C=O) groups is 2. The Kier molecular flexibility index (Phi) is 6.14. The number of aromatic nitrogens is 1. The fourth-order valence-corrected chi connectivity index (χ4v) is 3.22. The maximum Gasteiger partial charge on any atom is 0.275 e. The lowest BCUT2D eigenvalue weighted by atomic mass is 10.1. The molecule has 0 radical (unpaired) electrons. The minimum Gasteiger partial charge on any atom is -0.321 e. The van der Waals surface area contributed by atoms with Crippen molar-refractivity contribution >= 4 is 49.9 Å². The number of nitrogens with zero attached hydrogens (tertiary/aromatic N) is 1. The van der Waals surface area contributed by atoms with E-state index >= 15 is 0 Å². The number of carbonyl (C=O) groups excluding carboxylic acids is 2. The number of benzene rings is 2. The highest BCUT2D eigenvalue weighted by atomic mass is 79.9. The highest BCUT2D eigenvalue weighted by Crippen LogP contribution is 2.19. The lowest BCUT2D eigenvalue weighted by Crippen LogP contribution is -2.14. The summed E-state index contributed by atoms with van der Waals surface area (Å²) < 4.78 is 0.935. The van der Waals surface area contributed by atoms with Crippen LogP contribution in [0, 0.1) is 0 Å². The predicted molar refractivity (Wildman–Crippen MR) is 108 cm³/mol. The molecule has 0 aliphatic rings. The van der Waals surface area contributed by atoms with Gasteiger partial charge < -0.3 is 10.6 Å². The second-order valence-electron chi connectivity index (χ2n) is 5.53. The number of halogens is 1. The summed E-state index contributed by atoms with van der Waals surface area (Å²) in [6.07, 6.45) is 1.03. The maximum absolute atomic E-state index is 12.2. The number of hydrogen-bond donors (Lipinski definition) is 2. The first-order valence-corrected chi connectivity index (χ1v) is 9.63. The van der Waals surface area contributed by atoms with Gasteiger partial charge >= 0.3 is 0 Å². The number of rotatable bonds is 6. The Balaban J connectivity index is 1.52. The maximum atomic E-state index is 12.2. The molecule has 0 aliphatic carbocycles. The third-order valence-corrected chi connectivity index (χ3v) is 4.86. The Morgan fingerprint density at radius 1 is 1.00 bits per heavy atom. The summed E-state index contributed by atoms with van der Waals surface area (Å²) in [5.41, 5.74) is 2.06. The molecule has 7 heteroatoms. The molecule has 1 aromatic heterocycles. The van der Waals surface area contributed by atoms with Crippen molar-refractivity contribution in [2.24, 2.45) is 0 Å². The Labute approximate surface area is 163 Å². The summed E-state index contributed by atoms with van der Waals surface area (Å²) in [4.78, 5) is 28.4. The molecular weight excluding hydrogens is 414 g/mol. The Morgan fingerprint density at radius 3 is 2.46 bits per heavy atom. The van der Waals surface area contributed by atoms with Gasteiger partial charge in [0.2, 0.25) is 5.91 Å². The quantitative estimate of drug-likeness (QED) is 0.594. The summed E-state index contributed by atoms with van der Waals surface area (Å²) in [6, 6.07) is 17.1. The van der Waals surface area contributed by atoms with Crippen LogP contribution >= 0.6 is 27.3 Å². The molecule has 0 saturated carbocycles. The van der Waals surface area contributed by atoms with Gasteiger partial charge in [0.1, 0.15) is 5.69 Å². The van der Waals surface area contributed by atoms with E-state index in [-0.39, 0.29) is 17.5 Å². The van der Waals surface area contributed by atoms with Crippen molar-refractivity contribution in [3.8, 4) is 0 Å². The molecule has 2 N–H and O–H groups in total. The van der Waals surface area contributed by atoms with Gasteiger partial charge in [-0.25, -0.2) is 4.98 Å². The SMILES string of the molecule is O=C(CCc1ccccc1)Nc1nc(C(=O)Nc2ccc(Br)cc2)cs1. The van der Waals surface area contributed by atoms with Crippen LogP contribution in [0.25, 0.3) is 0 Å².